The van der Waals surface area contributed by atoms with Crippen molar-refractivity contribution in [1.29, 1.82) is 0 Å². The molecule has 0 spiro atoms. The highest BCUT2D eigenvalue weighted by Gasteiger charge is 2.38. The van der Waals surface area contributed by atoms with Crippen molar-refractivity contribution >= 4 is 23.8 Å². The first-order chi connectivity index (χ1) is 22.3. The Kier molecular flexibility index (Phi) is 11.5. The van der Waals surface area contributed by atoms with Crippen molar-refractivity contribution in [2.24, 2.45) is 13.0 Å². The molecule has 0 radical (unpaired) electrons. The molecule has 2 amide bonds. The van der Waals surface area contributed by atoms with E-state index in [1.165, 1.54) is 0 Å². The largest absolute Gasteiger partial charge is 0.465 e. The second kappa shape index (κ2) is 15.9. The summed E-state index contributed by atoms with van der Waals surface area (Å²) in [5.74, 6) is 0.316. The topological polar surface area (TPSA) is 124 Å². The molecule has 1 aliphatic heterocycles. The number of aliphatic hydroxyl groups is 1. The van der Waals surface area contributed by atoms with E-state index in [2.05, 4.69) is 22.5 Å². The minimum Gasteiger partial charge on any atom is -0.465 e. The van der Waals surface area contributed by atoms with E-state index in [0.29, 0.717) is 6.54 Å². The lowest BCUT2D eigenvalue weighted by atomic mass is 9.91. The van der Waals surface area contributed by atoms with E-state index < -0.39 is 18.3 Å². The van der Waals surface area contributed by atoms with Crippen LogP contribution in [0.15, 0.2) is 90.3 Å². The summed E-state index contributed by atoms with van der Waals surface area (Å²) in [6, 6.07) is 23.5. The molecular formula is C35H40N4O6S. The molecule has 1 saturated heterocycles. The molecule has 46 heavy (non-hydrogen) atoms. The highest BCUT2D eigenvalue weighted by atomic mass is 32.2. The molecular weight excluding hydrogens is 604 g/mol. The molecule has 1 fully saturated rings. The first kappa shape index (κ1) is 33.2. The molecule has 4 aromatic rings. The number of aromatic nitrogens is 2. The second-order valence-electron chi connectivity index (χ2n) is 11.1. The van der Waals surface area contributed by atoms with Crippen LogP contribution in [-0.2, 0) is 39.2 Å². The lowest BCUT2D eigenvalue weighted by Gasteiger charge is -2.41. The summed E-state index contributed by atoms with van der Waals surface area (Å²) >= 11 is 1.66. The zero-order valence-corrected chi connectivity index (χ0v) is 27.0. The fourth-order valence-corrected chi connectivity index (χ4v) is 6.36. The van der Waals surface area contributed by atoms with Crippen LogP contribution in [0.5, 0.6) is 0 Å². The molecule has 0 saturated carbocycles. The summed E-state index contributed by atoms with van der Waals surface area (Å²) < 4.78 is 20.0. The number of nitrogens with one attached hydrogen (secondary N) is 2. The van der Waals surface area contributed by atoms with E-state index in [0.717, 1.165) is 44.3 Å². The molecule has 10 nitrogen and oxygen atoms in total. The smallest absolute Gasteiger partial charge is 0.325 e. The van der Waals surface area contributed by atoms with Crippen molar-refractivity contribution in [2.75, 3.05) is 18.9 Å². The maximum absolute atomic E-state index is 12.1. The quantitative estimate of drug-likeness (QED) is 0.136. The maximum atomic E-state index is 12.1. The molecule has 242 valence electrons. The van der Waals surface area contributed by atoms with Gasteiger partial charge in [0, 0.05) is 43.2 Å². The molecule has 4 atom stereocenters. The average Bonchev–Trinajstić information content (AvgIpc) is 3.50. The summed E-state index contributed by atoms with van der Waals surface area (Å²) in [5, 5.41) is 15.7. The first-order valence-electron chi connectivity index (χ1n) is 15.3. The van der Waals surface area contributed by atoms with Gasteiger partial charge in [-0.3, -0.25) is 4.79 Å². The SMILES string of the molecule is CCOC(=O)CNC(=O)NCc1cccc(-c2ccc(C3OC(CSc4nccn4C)C(C)C(c4ccc(CO)cc4)O3)cc2)c1. The minimum absolute atomic E-state index is 0.00571. The number of thioether (sulfide) groups is 1. The van der Waals surface area contributed by atoms with Crippen LogP contribution >= 0.6 is 11.8 Å². The number of ether oxygens (including phenoxy) is 3. The number of hydrogen-bond donors (Lipinski definition) is 3. The van der Waals surface area contributed by atoms with Crippen LogP contribution in [0, 0.1) is 5.92 Å². The Balaban J connectivity index is 1.28. The molecule has 11 heteroatoms. The van der Waals surface area contributed by atoms with Gasteiger partial charge in [-0.1, -0.05) is 85.4 Å². The van der Waals surface area contributed by atoms with E-state index >= 15 is 0 Å². The van der Waals surface area contributed by atoms with Crippen LogP contribution in [0.1, 0.15) is 48.5 Å². The van der Waals surface area contributed by atoms with Crippen molar-refractivity contribution in [1.82, 2.24) is 20.2 Å². The highest BCUT2D eigenvalue weighted by molar-refractivity contribution is 7.99. The number of esters is 1. The maximum Gasteiger partial charge on any atom is 0.325 e. The summed E-state index contributed by atoms with van der Waals surface area (Å²) in [5.41, 5.74) is 5.75. The number of imidazole rings is 1. The zero-order chi connectivity index (χ0) is 32.5. The molecule has 5 rings (SSSR count). The second-order valence-corrected chi connectivity index (χ2v) is 12.1. The lowest BCUT2D eigenvalue weighted by Crippen LogP contribution is -2.38. The van der Waals surface area contributed by atoms with Gasteiger partial charge in [0.25, 0.3) is 0 Å². The molecule has 3 aromatic carbocycles. The Morgan fingerprint density at radius 2 is 1.74 bits per heavy atom. The van der Waals surface area contributed by atoms with Gasteiger partial charge in [-0.25, -0.2) is 9.78 Å². The number of carbonyl (C=O) groups excluding carboxylic acids is 2. The van der Waals surface area contributed by atoms with Gasteiger partial charge in [-0.05, 0) is 40.8 Å². The van der Waals surface area contributed by atoms with Gasteiger partial charge < -0.3 is 34.5 Å². The van der Waals surface area contributed by atoms with Gasteiger partial charge in [0.1, 0.15) is 6.54 Å². The average molecular weight is 645 g/mol. The minimum atomic E-state index is -0.566. The number of amides is 2. The summed E-state index contributed by atoms with van der Waals surface area (Å²) in [6.07, 6.45) is 2.87. The standard InChI is InChI=1S/C35H40N4O6S/c1-4-43-31(41)20-38-34(42)37-19-25-6-5-7-29(18-25)26-12-14-28(15-13-26)33-44-30(22-46-35-36-16-17-39(35)3)23(2)32(45-33)27-10-8-24(21-40)9-11-27/h5-18,23,30,32-33,40H,4,19-22H2,1-3H3,(H2,37,38,42). The molecule has 3 N–H and O–H groups in total. The van der Waals surface area contributed by atoms with E-state index in [-0.39, 0.29) is 37.9 Å². The normalized spacial score (nSPS) is 19.4. The van der Waals surface area contributed by atoms with Crippen LogP contribution in [-0.4, -0.2) is 51.7 Å². The van der Waals surface area contributed by atoms with Crippen molar-refractivity contribution in [3.63, 3.8) is 0 Å². The number of urea groups is 1. The molecule has 2 heterocycles. The van der Waals surface area contributed by atoms with Gasteiger partial charge in [0.15, 0.2) is 11.4 Å². The van der Waals surface area contributed by atoms with Crippen molar-refractivity contribution in [3.8, 4) is 11.1 Å². The summed E-state index contributed by atoms with van der Waals surface area (Å²) in [4.78, 5) is 28.0. The van der Waals surface area contributed by atoms with Gasteiger partial charge in [0.05, 0.1) is 25.4 Å². The number of aliphatic hydroxyl groups excluding tert-OH is 1. The van der Waals surface area contributed by atoms with Crippen LogP contribution in [0.4, 0.5) is 4.79 Å². The number of aryl methyl sites for hydroxylation is 1. The van der Waals surface area contributed by atoms with Crippen molar-refractivity contribution < 1.29 is 28.9 Å². The van der Waals surface area contributed by atoms with Crippen LogP contribution in [0.25, 0.3) is 11.1 Å². The van der Waals surface area contributed by atoms with Crippen LogP contribution in [0.3, 0.4) is 0 Å². The Morgan fingerprint density at radius 3 is 2.43 bits per heavy atom. The number of carbonyl (C=O) groups is 2. The fraction of sp³-hybridized carbons (Fsp3) is 0.343. The Labute approximate surface area is 273 Å². The van der Waals surface area contributed by atoms with E-state index in [4.69, 9.17) is 14.2 Å². The number of nitrogens with zero attached hydrogens (tertiary/aromatic N) is 2. The number of benzene rings is 3. The Hall–Kier alpha value is -4.16. The van der Waals surface area contributed by atoms with Crippen LogP contribution < -0.4 is 10.6 Å². The predicted octanol–water partition coefficient (Wildman–Crippen LogP) is 5.53. The van der Waals surface area contributed by atoms with E-state index in [9.17, 15) is 14.7 Å². The van der Waals surface area contributed by atoms with Crippen LogP contribution in [0.2, 0.25) is 0 Å². The number of hydrogen-bond acceptors (Lipinski definition) is 8. The molecule has 1 aliphatic rings. The summed E-state index contributed by atoms with van der Waals surface area (Å²) in [7, 11) is 1.98. The predicted molar refractivity (Wildman–Crippen MR) is 176 cm³/mol. The van der Waals surface area contributed by atoms with Gasteiger partial charge >= 0.3 is 12.0 Å². The van der Waals surface area contributed by atoms with Crippen molar-refractivity contribution in [3.05, 3.63) is 107 Å². The monoisotopic (exact) mass is 644 g/mol. The van der Waals surface area contributed by atoms with Gasteiger partial charge in [-0.2, -0.15) is 0 Å². The van der Waals surface area contributed by atoms with Crippen molar-refractivity contribution in [2.45, 2.75) is 50.7 Å². The summed E-state index contributed by atoms with van der Waals surface area (Å²) in [6.45, 7) is 4.26. The molecule has 4 unspecified atom stereocenters. The Bertz CT molecular complexity index is 1590. The number of rotatable bonds is 12. The zero-order valence-electron chi connectivity index (χ0n) is 26.2. The molecule has 0 bridgehead atoms. The molecule has 1 aromatic heterocycles. The van der Waals surface area contributed by atoms with Gasteiger partial charge in [0.2, 0.25) is 0 Å². The van der Waals surface area contributed by atoms with Gasteiger partial charge in [-0.15, -0.1) is 0 Å². The highest BCUT2D eigenvalue weighted by Crippen LogP contribution is 2.43. The third-order valence-electron chi connectivity index (χ3n) is 7.87. The van der Waals surface area contributed by atoms with E-state index in [1.54, 1.807) is 24.9 Å². The third kappa shape index (κ3) is 8.55. The molecule has 0 aliphatic carbocycles. The third-order valence-corrected chi connectivity index (χ3v) is 9.02. The lowest BCUT2D eigenvalue weighted by molar-refractivity contribution is -0.268. The first-order valence-corrected chi connectivity index (χ1v) is 16.3. The fourth-order valence-electron chi connectivity index (χ4n) is 5.26. The Morgan fingerprint density at radius 1 is 0.978 bits per heavy atom. The van der Waals surface area contributed by atoms with E-state index in [1.807, 2.05) is 90.6 Å².